The summed E-state index contributed by atoms with van der Waals surface area (Å²) in [5, 5.41) is 0. The van der Waals surface area contributed by atoms with E-state index >= 15 is 0 Å². The normalized spacial score (nSPS) is 10.0. The Labute approximate surface area is 96.2 Å². The summed E-state index contributed by atoms with van der Waals surface area (Å²) >= 11 is 8.19. The van der Waals surface area contributed by atoms with E-state index in [0.717, 1.165) is 0 Å². The van der Waals surface area contributed by atoms with Gasteiger partial charge in [-0.15, -0.1) is 0 Å². The van der Waals surface area contributed by atoms with Crippen molar-refractivity contribution >= 4 is 61.1 Å². The summed E-state index contributed by atoms with van der Waals surface area (Å²) in [6, 6.07) is 4.25. The quantitative estimate of drug-likeness (QED) is 0.438. The van der Waals surface area contributed by atoms with Gasteiger partial charge in [0.25, 0.3) is 0 Å². The Kier molecular flexibility index (Phi) is 3.43. The van der Waals surface area contributed by atoms with Crippen LogP contribution >= 0.6 is 61.1 Å². The fourth-order valence-corrected chi connectivity index (χ4v) is 2.39. The third kappa shape index (κ3) is 1.85. The molecule has 1 rings (SSSR count). The predicted octanol–water partition coefficient (Wildman–Crippen LogP) is 3.97. The van der Waals surface area contributed by atoms with E-state index in [1.807, 2.05) is 0 Å². The number of halogens is 3. The van der Waals surface area contributed by atoms with Gasteiger partial charge in [0.05, 0.1) is 0 Å². The molecule has 0 heterocycles. The maximum absolute atomic E-state index is 3.52. The first-order valence-electron chi connectivity index (χ1n) is 2.73. The molecule has 0 bridgehead atoms. The van der Waals surface area contributed by atoms with Crippen LogP contribution in [-0.2, 0) is 0 Å². The highest BCUT2D eigenvalue weighted by atomic mass is 127. The van der Waals surface area contributed by atoms with Crippen LogP contribution in [0.15, 0.2) is 16.6 Å². The van der Waals surface area contributed by atoms with Crippen molar-refractivity contribution < 1.29 is 0 Å². The minimum absolute atomic E-state index is 1.22. The lowest BCUT2D eigenvalue weighted by molar-refractivity contribution is 1.38. The van der Waals surface area contributed by atoms with E-state index < -0.39 is 0 Å². The van der Waals surface area contributed by atoms with E-state index in [9.17, 15) is 0 Å². The second-order valence-corrected chi connectivity index (χ2v) is 5.03. The molecule has 0 unspecified atom stereocenters. The van der Waals surface area contributed by atoms with Gasteiger partial charge in [-0.25, -0.2) is 0 Å². The summed E-state index contributed by atoms with van der Waals surface area (Å²) in [4.78, 5) is 0. The van der Waals surface area contributed by atoms with Crippen molar-refractivity contribution in [2.45, 2.75) is 6.92 Å². The van der Waals surface area contributed by atoms with Gasteiger partial charge in [0.1, 0.15) is 0 Å². The third-order valence-corrected chi connectivity index (χ3v) is 6.04. The molecular formula is C7H5BrI2. The maximum Gasteiger partial charge on any atom is 0.0408 e. The molecule has 54 valence electrons. The average molecular weight is 423 g/mol. The monoisotopic (exact) mass is 422 g/mol. The molecule has 0 aromatic heterocycles. The lowest BCUT2D eigenvalue weighted by Gasteiger charge is -2.01. The van der Waals surface area contributed by atoms with Crippen molar-refractivity contribution in [3.8, 4) is 0 Å². The Bertz CT molecular complexity index is 231. The smallest absolute Gasteiger partial charge is 0.0408 e. The molecule has 0 saturated heterocycles. The van der Waals surface area contributed by atoms with E-state index in [4.69, 9.17) is 0 Å². The van der Waals surface area contributed by atoms with Crippen LogP contribution in [-0.4, -0.2) is 0 Å². The first-order valence-corrected chi connectivity index (χ1v) is 5.68. The highest BCUT2D eigenvalue weighted by Gasteiger charge is 2.02. The summed E-state index contributed by atoms with van der Waals surface area (Å²) in [7, 11) is 0. The van der Waals surface area contributed by atoms with Gasteiger partial charge in [0.15, 0.2) is 0 Å². The molecule has 0 aliphatic heterocycles. The lowest BCUT2D eigenvalue weighted by atomic mass is 10.2. The molecule has 0 aliphatic rings. The van der Waals surface area contributed by atoms with Gasteiger partial charge in [0, 0.05) is 11.6 Å². The number of hydrogen-bond acceptors (Lipinski definition) is 0. The van der Waals surface area contributed by atoms with Crippen LogP contribution in [0.3, 0.4) is 0 Å². The molecule has 0 fully saturated rings. The summed E-state index contributed by atoms with van der Waals surface area (Å²) in [6.45, 7) is 2.10. The van der Waals surface area contributed by atoms with Crippen LogP contribution in [0, 0.1) is 14.1 Å². The topological polar surface area (TPSA) is 0 Å². The van der Waals surface area contributed by atoms with Gasteiger partial charge < -0.3 is 0 Å². The van der Waals surface area contributed by atoms with Crippen LogP contribution in [0.2, 0.25) is 0 Å². The highest BCUT2D eigenvalue weighted by Crippen LogP contribution is 2.26. The Morgan fingerprint density at radius 2 is 1.90 bits per heavy atom. The minimum Gasteiger partial charge on any atom is -0.0571 e. The van der Waals surface area contributed by atoms with E-state index in [1.54, 1.807) is 0 Å². The maximum atomic E-state index is 3.52. The highest BCUT2D eigenvalue weighted by molar-refractivity contribution is 14.1. The largest absolute Gasteiger partial charge is 0.0571 e. The molecule has 0 nitrogen and oxygen atoms in total. The lowest BCUT2D eigenvalue weighted by Crippen LogP contribution is -1.84. The Morgan fingerprint density at radius 3 is 2.40 bits per heavy atom. The molecule has 0 amide bonds. The van der Waals surface area contributed by atoms with Crippen molar-refractivity contribution in [1.29, 1.82) is 0 Å². The average Bonchev–Trinajstić information content (AvgIpc) is 1.93. The Hall–Kier alpha value is 1.16. The van der Waals surface area contributed by atoms with Crippen LogP contribution in [0.4, 0.5) is 0 Å². The fourth-order valence-electron chi connectivity index (χ4n) is 0.622. The van der Waals surface area contributed by atoms with Gasteiger partial charge in [-0.3, -0.25) is 0 Å². The van der Waals surface area contributed by atoms with Gasteiger partial charge in [0.2, 0.25) is 0 Å². The standard InChI is InChI=1S/C7H5BrI2/c1-4-2-3-5(9)7(10)6(4)8/h2-3H,1H3. The van der Waals surface area contributed by atoms with Crippen LogP contribution in [0.5, 0.6) is 0 Å². The molecule has 0 N–H and O–H groups in total. The van der Waals surface area contributed by atoms with Crippen molar-refractivity contribution in [1.82, 2.24) is 0 Å². The zero-order chi connectivity index (χ0) is 7.72. The van der Waals surface area contributed by atoms with Crippen molar-refractivity contribution in [3.05, 3.63) is 29.3 Å². The number of benzene rings is 1. The van der Waals surface area contributed by atoms with Gasteiger partial charge >= 0.3 is 0 Å². The van der Waals surface area contributed by atoms with Gasteiger partial charge in [-0.2, -0.15) is 0 Å². The molecule has 0 atom stereocenters. The van der Waals surface area contributed by atoms with Crippen molar-refractivity contribution in [3.63, 3.8) is 0 Å². The molecule has 0 radical (unpaired) electrons. The molecular weight excluding hydrogens is 418 g/mol. The summed E-state index contributed by atoms with van der Waals surface area (Å²) in [5.41, 5.74) is 1.30. The van der Waals surface area contributed by atoms with Crippen molar-refractivity contribution in [2.24, 2.45) is 0 Å². The Morgan fingerprint density at radius 1 is 1.30 bits per heavy atom. The summed E-state index contributed by atoms with van der Waals surface area (Å²) < 4.78 is 3.83. The Balaban J connectivity index is 3.34. The SMILES string of the molecule is Cc1ccc(I)c(I)c1Br. The van der Waals surface area contributed by atoms with Crippen LogP contribution in [0.25, 0.3) is 0 Å². The molecule has 1 aromatic rings. The van der Waals surface area contributed by atoms with Crippen molar-refractivity contribution in [2.75, 3.05) is 0 Å². The van der Waals surface area contributed by atoms with E-state index in [-0.39, 0.29) is 0 Å². The number of hydrogen-bond donors (Lipinski definition) is 0. The molecule has 0 spiro atoms. The summed E-state index contributed by atoms with van der Waals surface area (Å²) in [5.74, 6) is 0. The second kappa shape index (κ2) is 3.71. The van der Waals surface area contributed by atoms with E-state index in [2.05, 4.69) is 80.2 Å². The molecule has 10 heavy (non-hydrogen) atoms. The van der Waals surface area contributed by atoms with Crippen LogP contribution < -0.4 is 0 Å². The fraction of sp³-hybridized carbons (Fsp3) is 0.143. The first-order chi connectivity index (χ1) is 4.63. The zero-order valence-corrected chi connectivity index (χ0v) is 11.2. The van der Waals surface area contributed by atoms with E-state index in [1.165, 1.54) is 17.2 Å². The summed E-state index contributed by atoms with van der Waals surface area (Å²) in [6.07, 6.45) is 0. The van der Waals surface area contributed by atoms with Gasteiger partial charge in [-0.05, 0) is 79.7 Å². The number of rotatable bonds is 0. The molecule has 1 aromatic carbocycles. The molecule has 0 saturated carbocycles. The predicted molar refractivity (Wildman–Crippen MR) is 64.3 cm³/mol. The number of aryl methyl sites for hydroxylation is 1. The van der Waals surface area contributed by atoms with E-state index in [0.29, 0.717) is 0 Å². The zero-order valence-electron chi connectivity index (χ0n) is 5.29. The molecule has 0 aliphatic carbocycles. The molecule has 3 heteroatoms. The second-order valence-electron chi connectivity index (χ2n) is 1.99. The minimum atomic E-state index is 1.22. The van der Waals surface area contributed by atoms with Gasteiger partial charge in [-0.1, -0.05) is 6.07 Å². The first kappa shape index (κ1) is 9.25. The van der Waals surface area contributed by atoms with Crippen LogP contribution in [0.1, 0.15) is 5.56 Å². The third-order valence-electron chi connectivity index (χ3n) is 1.23.